The van der Waals surface area contributed by atoms with Gasteiger partial charge in [0.1, 0.15) is 0 Å². The average molecular weight is 317 g/mol. The Morgan fingerprint density at radius 2 is 1.62 bits per heavy atom. The predicted molar refractivity (Wildman–Crippen MR) is 100 cm³/mol. The fourth-order valence-corrected chi connectivity index (χ4v) is 3.05. The number of amides is 1. The number of rotatable bonds is 6. The van der Waals surface area contributed by atoms with Crippen LogP contribution in [0.15, 0.2) is 72.8 Å². The van der Waals surface area contributed by atoms with Crippen LogP contribution in [0.1, 0.15) is 24.5 Å². The number of fused-ring (bicyclic) bond motifs is 1. The van der Waals surface area contributed by atoms with Crippen LogP contribution in [0.3, 0.4) is 0 Å². The molecule has 0 aliphatic carbocycles. The topological polar surface area (TPSA) is 29.1 Å². The van der Waals surface area contributed by atoms with Crippen LogP contribution in [-0.2, 0) is 17.6 Å². The normalized spacial score (nSPS) is 12.0. The van der Waals surface area contributed by atoms with Crippen molar-refractivity contribution < 1.29 is 4.79 Å². The van der Waals surface area contributed by atoms with Gasteiger partial charge in [0.15, 0.2) is 0 Å². The molecule has 0 bridgehead atoms. The van der Waals surface area contributed by atoms with Crippen molar-refractivity contribution >= 4 is 16.7 Å². The molecule has 122 valence electrons. The summed E-state index contributed by atoms with van der Waals surface area (Å²) in [7, 11) is 0. The summed E-state index contributed by atoms with van der Waals surface area (Å²) in [5.74, 6) is 0.0897. The quantitative estimate of drug-likeness (QED) is 0.711. The number of hydrogen-bond acceptors (Lipinski definition) is 1. The molecule has 3 aromatic carbocycles. The first-order valence-electron chi connectivity index (χ1n) is 8.52. The Kier molecular flexibility index (Phi) is 5.27. The highest BCUT2D eigenvalue weighted by Crippen LogP contribution is 2.19. The molecule has 0 saturated carbocycles. The number of carbonyl (C=O) groups is 1. The fraction of sp³-hybridized carbons (Fsp3) is 0.227. The number of nitrogens with one attached hydrogen (secondary N) is 1. The second-order valence-corrected chi connectivity index (χ2v) is 6.31. The van der Waals surface area contributed by atoms with Gasteiger partial charge in [-0.2, -0.15) is 0 Å². The Balaban J connectivity index is 1.56. The van der Waals surface area contributed by atoms with Crippen molar-refractivity contribution in [1.82, 2.24) is 5.32 Å². The highest BCUT2D eigenvalue weighted by atomic mass is 16.1. The molecule has 0 fully saturated rings. The van der Waals surface area contributed by atoms with E-state index < -0.39 is 0 Å². The Labute approximate surface area is 143 Å². The Hall–Kier alpha value is -2.61. The van der Waals surface area contributed by atoms with E-state index in [0.29, 0.717) is 6.42 Å². The molecule has 0 radical (unpaired) electrons. The van der Waals surface area contributed by atoms with Crippen molar-refractivity contribution in [3.8, 4) is 0 Å². The van der Waals surface area contributed by atoms with E-state index in [9.17, 15) is 4.79 Å². The van der Waals surface area contributed by atoms with E-state index in [4.69, 9.17) is 0 Å². The molecule has 3 rings (SSSR count). The molecule has 2 heteroatoms. The van der Waals surface area contributed by atoms with Crippen LogP contribution in [0.25, 0.3) is 10.8 Å². The second kappa shape index (κ2) is 7.78. The summed E-state index contributed by atoms with van der Waals surface area (Å²) in [5, 5.41) is 5.46. The van der Waals surface area contributed by atoms with E-state index in [1.54, 1.807) is 0 Å². The highest BCUT2D eigenvalue weighted by Gasteiger charge is 2.10. The molecule has 1 atom stereocenters. The Morgan fingerprint density at radius 3 is 2.46 bits per heavy atom. The third-order valence-corrected chi connectivity index (χ3v) is 4.35. The van der Waals surface area contributed by atoms with E-state index in [-0.39, 0.29) is 11.9 Å². The van der Waals surface area contributed by atoms with Gasteiger partial charge >= 0.3 is 0 Å². The molecular formula is C22H23NO. The highest BCUT2D eigenvalue weighted by molar-refractivity contribution is 5.90. The van der Waals surface area contributed by atoms with Crippen LogP contribution in [0.5, 0.6) is 0 Å². The van der Waals surface area contributed by atoms with Crippen LogP contribution < -0.4 is 5.32 Å². The van der Waals surface area contributed by atoms with Gasteiger partial charge in [-0.25, -0.2) is 0 Å². The molecule has 0 aliphatic rings. The molecule has 1 amide bonds. The maximum Gasteiger partial charge on any atom is 0.224 e. The van der Waals surface area contributed by atoms with Gasteiger partial charge in [-0.05, 0) is 41.7 Å². The lowest BCUT2D eigenvalue weighted by molar-refractivity contribution is -0.121. The summed E-state index contributed by atoms with van der Waals surface area (Å²) in [5.41, 5.74) is 2.40. The van der Waals surface area contributed by atoms with E-state index in [1.165, 1.54) is 10.9 Å². The molecular weight excluding hydrogens is 294 g/mol. The molecule has 1 N–H and O–H groups in total. The zero-order chi connectivity index (χ0) is 16.8. The smallest absolute Gasteiger partial charge is 0.224 e. The van der Waals surface area contributed by atoms with Crippen molar-refractivity contribution in [2.24, 2.45) is 0 Å². The van der Waals surface area contributed by atoms with Gasteiger partial charge in [0.05, 0.1) is 6.42 Å². The van der Waals surface area contributed by atoms with Gasteiger partial charge < -0.3 is 5.32 Å². The Morgan fingerprint density at radius 1 is 0.917 bits per heavy atom. The van der Waals surface area contributed by atoms with Crippen molar-refractivity contribution in [2.45, 2.75) is 32.2 Å². The first-order valence-corrected chi connectivity index (χ1v) is 8.52. The summed E-state index contributed by atoms with van der Waals surface area (Å²) >= 11 is 0. The van der Waals surface area contributed by atoms with Gasteiger partial charge in [-0.3, -0.25) is 4.79 Å². The van der Waals surface area contributed by atoms with Crippen molar-refractivity contribution in [2.75, 3.05) is 0 Å². The number of carbonyl (C=O) groups excluding carboxylic acids is 1. The number of aryl methyl sites for hydroxylation is 1. The molecule has 0 aliphatic heterocycles. The third-order valence-electron chi connectivity index (χ3n) is 4.35. The fourth-order valence-electron chi connectivity index (χ4n) is 3.05. The summed E-state index contributed by atoms with van der Waals surface area (Å²) in [6.45, 7) is 2.07. The molecule has 1 unspecified atom stereocenters. The third kappa shape index (κ3) is 4.23. The summed E-state index contributed by atoms with van der Waals surface area (Å²) in [6.07, 6.45) is 2.36. The van der Waals surface area contributed by atoms with Gasteiger partial charge in [0.2, 0.25) is 5.91 Å². The summed E-state index contributed by atoms with van der Waals surface area (Å²) in [6, 6.07) is 24.9. The lowest BCUT2D eigenvalue weighted by Crippen LogP contribution is -2.34. The predicted octanol–water partition coefficient (Wildman–Crippen LogP) is 4.52. The van der Waals surface area contributed by atoms with Crippen molar-refractivity contribution in [3.05, 3.63) is 83.9 Å². The number of benzene rings is 3. The van der Waals surface area contributed by atoms with E-state index in [2.05, 4.69) is 54.7 Å². The second-order valence-electron chi connectivity index (χ2n) is 6.31. The zero-order valence-electron chi connectivity index (χ0n) is 14.0. The van der Waals surface area contributed by atoms with Crippen LogP contribution in [0.2, 0.25) is 0 Å². The van der Waals surface area contributed by atoms with E-state index in [1.807, 2.05) is 30.3 Å². The minimum Gasteiger partial charge on any atom is -0.353 e. The number of hydrogen-bond donors (Lipinski definition) is 1. The summed E-state index contributed by atoms with van der Waals surface area (Å²) < 4.78 is 0. The van der Waals surface area contributed by atoms with Gasteiger partial charge in [-0.1, -0.05) is 72.8 Å². The molecule has 24 heavy (non-hydrogen) atoms. The molecule has 3 aromatic rings. The molecule has 0 spiro atoms. The van der Waals surface area contributed by atoms with Crippen molar-refractivity contribution in [3.63, 3.8) is 0 Å². The minimum absolute atomic E-state index is 0.0897. The van der Waals surface area contributed by atoms with Gasteiger partial charge in [0.25, 0.3) is 0 Å². The maximum absolute atomic E-state index is 12.4. The van der Waals surface area contributed by atoms with Crippen molar-refractivity contribution in [1.29, 1.82) is 0 Å². The van der Waals surface area contributed by atoms with E-state index in [0.717, 1.165) is 23.8 Å². The van der Waals surface area contributed by atoms with E-state index >= 15 is 0 Å². The van der Waals surface area contributed by atoms with Crippen LogP contribution in [0.4, 0.5) is 0 Å². The van der Waals surface area contributed by atoms with Crippen LogP contribution in [-0.4, -0.2) is 11.9 Å². The molecule has 0 heterocycles. The first-order chi connectivity index (χ1) is 11.7. The Bertz CT molecular complexity index is 805. The minimum atomic E-state index is 0.0897. The molecule has 0 saturated heterocycles. The molecule has 0 aromatic heterocycles. The van der Waals surface area contributed by atoms with Gasteiger partial charge in [-0.15, -0.1) is 0 Å². The first kappa shape index (κ1) is 16.3. The average Bonchev–Trinajstić information content (AvgIpc) is 2.61. The van der Waals surface area contributed by atoms with Crippen LogP contribution >= 0.6 is 0 Å². The molecule has 2 nitrogen and oxygen atoms in total. The summed E-state index contributed by atoms with van der Waals surface area (Å²) in [4.78, 5) is 12.4. The zero-order valence-corrected chi connectivity index (χ0v) is 14.0. The lowest BCUT2D eigenvalue weighted by atomic mass is 10.0. The monoisotopic (exact) mass is 317 g/mol. The lowest BCUT2D eigenvalue weighted by Gasteiger charge is -2.14. The largest absolute Gasteiger partial charge is 0.353 e. The standard InChI is InChI=1S/C22H23NO/c1-17(14-15-18-8-3-2-4-9-18)23-22(24)16-20-12-7-11-19-10-5-6-13-21(19)20/h2-13,17H,14-16H2,1H3,(H,23,24). The maximum atomic E-state index is 12.4. The van der Waals surface area contributed by atoms with Crippen LogP contribution in [0, 0.1) is 0 Å². The van der Waals surface area contributed by atoms with Gasteiger partial charge in [0, 0.05) is 6.04 Å². The SMILES string of the molecule is CC(CCc1ccccc1)NC(=O)Cc1cccc2ccccc12.